The molecule has 4 heterocycles. The molecule has 4 fully saturated rings. The Hall–Kier alpha value is -0.870. The number of piperidine rings is 3. The number of aliphatic hydroxyl groups is 1. The van der Waals surface area contributed by atoms with Crippen molar-refractivity contribution in [1.29, 1.82) is 0 Å². The summed E-state index contributed by atoms with van der Waals surface area (Å²) in [6.07, 6.45) is 9.23. The molecule has 122 valence electrons. The first kappa shape index (κ1) is 14.7. The number of aryl methyl sites for hydroxylation is 1. The third-order valence-electron chi connectivity index (χ3n) is 6.43. The normalized spacial score (nSPS) is 35.9. The van der Waals surface area contributed by atoms with Gasteiger partial charge in [-0.05, 0) is 44.2 Å². The number of fused-ring (bicyclic) bond motifs is 3. The Labute approximate surface area is 133 Å². The van der Waals surface area contributed by atoms with Crippen molar-refractivity contribution in [3.63, 3.8) is 0 Å². The molecule has 1 aromatic heterocycles. The Balaban J connectivity index is 1.54. The summed E-state index contributed by atoms with van der Waals surface area (Å²) in [5.74, 6) is 2.04. The summed E-state index contributed by atoms with van der Waals surface area (Å²) < 4.78 is 2.16. The summed E-state index contributed by atoms with van der Waals surface area (Å²) in [5.41, 5.74) is 2.78. The maximum absolute atomic E-state index is 9.54. The SMILES string of the molecule is Cn1nc(C2CCCCC2)cc1C1CN2CCC1CC2CO. The first-order valence-corrected chi connectivity index (χ1v) is 9.15. The van der Waals surface area contributed by atoms with Gasteiger partial charge in [-0.15, -0.1) is 0 Å². The van der Waals surface area contributed by atoms with Crippen LogP contribution in [0.1, 0.15) is 68.2 Å². The quantitative estimate of drug-likeness (QED) is 0.933. The minimum Gasteiger partial charge on any atom is -0.395 e. The molecule has 2 bridgehead atoms. The van der Waals surface area contributed by atoms with E-state index in [9.17, 15) is 5.11 Å². The molecule has 5 rings (SSSR count). The van der Waals surface area contributed by atoms with Gasteiger partial charge in [0, 0.05) is 37.2 Å². The number of rotatable bonds is 3. The monoisotopic (exact) mass is 303 g/mol. The Bertz CT molecular complexity index is 520. The molecule has 4 heteroatoms. The summed E-state index contributed by atoms with van der Waals surface area (Å²) in [6.45, 7) is 2.60. The van der Waals surface area contributed by atoms with Crippen molar-refractivity contribution < 1.29 is 5.11 Å². The van der Waals surface area contributed by atoms with E-state index in [4.69, 9.17) is 5.10 Å². The average Bonchev–Trinajstić information content (AvgIpc) is 2.97. The highest BCUT2D eigenvalue weighted by molar-refractivity contribution is 5.21. The van der Waals surface area contributed by atoms with Gasteiger partial charge in [-0.25, -0.2) is 0 Å². The van der Waals surface area contributed by atoms with Gasteiger partial charge in [-0.2, -0.15) is 5.10 Å². The van der Waals surface area contributed by atoms with E-state index < -0.39 is 0 Å². The van der Waals surface area contributed by atoms with Crippen LogP contribution in [0.25, 0.3) is 0 Å². The second-order valence-corrected chi connectivity index (χ2v) is 7.67. The first-order chi connectivity index (χ1) is 10.8. The fourth-order valence-corrected chi connectivity index (χ4v) is 5.11. The van der Waals surface area contributed by atoms with Crippen molar-refractivity contribution >= 4 is 0 Å². The highest BCUT2D eigenvalue weighted by atomic mass is 16.3. The number of nitrogens with zero attached hydrogens (tertiary/aromatic N) is 3. The molecule has 0 amide bonds. The average molecular weight is 303 g/mol. The van der Waals surface area contributed by atoms with Crippen LogP contribution in [0, 0.1) is 5.92 Å². The van der Waals surface area contributed by atoms with E-state index >= 15 is 0 Å². The van der Waals surface area contributed by atoms with Crippen molar-refractivity contribution in [2.75, 3.05) is 19.7 Å². The highest BCUT2D eigenvalue weighted by Crippen LogP contribution is 2.42. The Kier molecular flexibility index (Phi) is 3.99. The lowest BCUT2D eigenvalue weighted by Gasteiger charge is -2.49. The van der Waals surface area contributed by atoms with Crippen LogP contribution in [0.15, 0.2) is 6.07 Å². The Morgan fingerprint density at radius 1 is 1.23 bits per heavy atom. The summed E-state index contributed by atoms with van der Waals surface area (Å²) in [6, 6.07) is 2.82. The van der Waals surface area contributed by atoms with Gasteiger partial charge in [-0.1, -0.05) is 19.3 Å². The predicted octanol–water partition coefficient (Wildman–Crippen LogP) is 2.64. The molecule has 1 aromatic rings. The molecule has 0 aromatic carbocycles. The van der Waals surface area contributed by atoms with Crippen LogP contribution >= 0.6 is 0 Å². The lowest BCUT2D eigenvalue weighted by Crippen LogP contribution is -2.53. The minimum atomic E-state index is 0.321. The smallest absolute Gasteiger partial charge is 0.0658 e. The van der Waals surface area contributed by atoms with E-state index in [0.29, 0.717) is 24.5 Å². The number of aromatic nitrogens is 2. The van der Waals surface area contributed by atoms with E-state index in [-0.39, 0.29) is 0 Å². The summed E-state index contributed by atoms with van der Waals surface area (Å²) in [5, 5.41) is 14.4. The highest BCUT2D eigenvalue weighted by Gasteiger charge is 2.41. The molecule has 22 heavy (non-hydrogen) atoms. The second kappa shape index (κ2) is 5.97. The van der Waals surface area contributed by atoms with Gasteiger partial charge >= 0.3 is 0 Å². The van der Waals surface area contributed by atoms with Crippen LogP contribution in [0.5, 0.6) is 0 Å². The number of hydrogen-bond acceptors (Lipinski definition) is 3. The van der Waals surface area contributed by atoms with E-state index in [1.807, 2.05) is 0 Å². The summed E-state index contributed by atoms with van der Waals surface area (Å²) in [4.78, 5) is 2.50. The van der Waals surface area contributed by atoms with E-state index in [2.05, 4.69) is 22.7 Å². The third-order valence-corrected chi connectivity index (χ3v) is 6.43. The van der Waals surface area contributed by atoms with Crippen LogP contribution in [0.3, 0.4) is 0 Å². The maximum Gasteiger partial charge on any atom is 0.0658 e. The van der Waals surface area contributed by atoms with Crippen molar-refractivity contribution in [2.45, 2.75) is 62.8 Å². The molecule has 1 N–H and O–H groups in total. The zero-order chi connectivity index (χ0) is 15.1. The molecule has 0 radical (unpaired) electrons. The fourth-order valence-electron chi connectivity index (χ4n) is 5.11. The first-order valence-electron chi connectivity index (χ1n) is 9.15. The van der Waals surface area contributed by atoms with E-state index in [1.165, 1.54) is 56.5 Å². The molecule has 4 unspecified atom stereocenters. The van der Waals surface area contributed by atoms with Crippen molar-refractivity contribution in [3.8, 4) is 0 Å². The maximum atomic E-state index is 9.54. The van der Waals surface area contributed by atoms with Crippen LogP contribution in [0.2, 0.25) is 0 Å². The zero-order valence-electron chi connectivity index (χ0n) is 13.7. The number of hydrogen-bond donors (Lipinski definition) is 1. The number of aliphatic hydroxyl groups excluding tert-OH is 1. The van der Waals surface area contributed by atoms with Gasteiger partial charge in [0.15, 0.2) is 0 Å². The van der Waals surface area contributed by atoms with Gasteiger partial charge in [-0.3, -0.25) is 9.58 Å². The molecule has 1 saturated carbocycles. The molecular weight excluding hydrogens is 274 g/mol. The third kappa shape index (κ3) is 2.50. The molecule has 3 saturated heterocycles. The topological polar surface area (TPSA) is 41.3 Å². The Morgan fingerprint density at radius 2 is 2.05 bits per heavy atom. The molecule has 4 atom stereocenters. The van der Waals surface area contributed by atoms with Crippen LogP contribution in [-0.2, 0) is 7.05 Å². The summed E-state index contributed by atoms with van der Waals surface area (Å²) in [7, 11) is 2.13. The largest absolute Gasteiger partial charge is 0.395 e. The van der Waals surface area contributed by atoms with Gasteiger partial charge in [0.25, 0.3) is 0 Å². The minimum absolute atomic E-state index is 0.321. The van der Waals surface area contributed by atoms with Gasteiger partial charge in [0.1, 0.15) is 0 Å². The van der Waals surface area contributed by atoms with Crippen molar-refractivity contribution in [1.82, 2.24) is 14.7 Å². The van der Waals surface area contributed by atoms with Crippen molar-refractivity contribution in [3.05, 3.63) is 17.5 Å². The van der Waals surface area contributed by atoms with Gasteiger partial charge < -0.3 is 5.11 Å². The van der Waals surface area contributed by atoms with Crippen LogP contribution in [-0.4, -0.2) is 45.5 Å². The molecule has 4 aliphatic rings. The molecule has 4 nitrogen and oxygen atoms in total. The zero-order valence-corrected chi connectivity index (χ0v) is 13.7. The Morgan fingerprint density at radius 3 is 2.73 bits per heavy atom. The fraction of sp³-hybridized carbons (Fsp3) is 0.833. The standard InChI is InChI=1S/C18H29N3O/c1-20-18(10-17(19-20)13-5-3-2-4-6-13)16-11-21-8-7-14(16)9-15(21)12-22/h10,13-16,22H,2-9,11-12H2,1H3. The molecular formula is C18H29N3O. The van der Waals surface area contributed by atoms with E-state index in [0.717, 1.165) is 18.9 Å². The van der Waals surface area contributed by atoms with Crippen molar-refractivity contribution in [2.24, 2.45) is 13.0 Å². The molecule has 3 aliphatic heterocycles. The van der Waals surface area contributed by atoms with Crippen LogP contribution in [0.4, 0.5) is 0 Å². The van der Waals surface area contributed by atoms with Crippen LogP contribution < -0.4 is 0 Å². The lowest BCUT2D eigenvalue weighted by molar-refractivity contribution is 0.00104. The molecule has 1 aliphatic carbocycles. The lowest BCUT2D eigenvalue weighted by atomic mass is 9.74. The molecule has 0 spiro atoms. The van der Waals surface area contributed by atoms with Gasteiger partial charge in [0.05, 0.1) is 12.3 Å². The second-order valence-electron chi connectivity index (χ2n) is 7.67. The predicted molar refractivity (Wildman–Crippen MR) is 86.9 cm³/mol. The van der Waals surface area contributed by atoms with E-state index in [1.54, 1.807) is 0 Å². The summed E-state index contributed by atoms with van der Waals surface area (Å²) >= 11 is 0. The van der Waals surface area contributed by atoms with Gasteiger partial charge in [0.2, 0.25) is 0 Å².